The lowest BCUT2D eigenvalue weighted by Crippen LogP contribution is -2.23. The van der Waals surface area contributed by atoms with Crippen LogP contribution in [0.3, 0.4) is 0 Å². The minimum Gasteiger partial charge on any atom is -0.384 e. The quantitative estimate of drug-likeness (QED) is 0.574. The van der Waals surface area contributed by atoms with Gasteiger partial charge in [-0.1, -0.05) is 36.4 Å². The zero-order valence-corrected chi connectivity index (χ0v) is 11.5. The van der Waals surface area contributed by atoms with E-state index in [9.17, 15) is 8.42 Å². The summed E-state index contributed by atoms with van der Waals surface area (Å²) < 4.78 is 26.6. The zero-order chi connectivity index (χ0) is 14.6. The van der Waals surface area contributed by atoms with Gasteiger partial charge in [0.15, 0.2) is 0 Å². The summed E-state index contributed by atoms with van der Waals surface area (Å²) >= 11 is 0. The van der Waals surface area contributed by atoms with Crippen molar-refractivity contribution in [1.82, 2.24) is 4.72 Å². The normalized spacial score (nSPS) is 11.2. The molecule has 0 spiro atoms. The van der Waals surface area contributed by atoms with Crippen LogP contribution in [0.25, 0.3) is 0 Å². The summed E-state index contributed by atoms with van der Waals surface area (Å²) in [7, 11) is -3.53. The van der Waals surface area contributed by atoms with Crippen molar-refractivity contribution in [2.45, 2.75) is 11.4 Å². The van der Waals surface area contributed by atoms with Crippen LogP contribution in [-0.2, 0) is 16.6 Å². The number of nitrogens with two attached hydrogens (primary N) is 1. The summed E-state index contributed by atoms with van der Waals surface area (Å²) in [6.45, 7) is 0.151. The van der Waals surface area contributed by atoms with Crippen LogP contribution < -0.4 is 10.5 Å². The second-order valence-electron chi connectivity index (χ2n) is 4.25. The largest absolute Gasteiger partial charge is 0.384 e. The van der Waals surface area contributed by atoms with Crippen LogP contribution in [0.5, 0.6) is 0 Å². The fourth-order valence-electron chi connectivity index (χ4n) is 1.71. The van der Waals surface area contributed by atoms with Crippen LogP contribution in [0, 0.1) is 5.41 Å². The van der Waals surface area contributed by atoms with Crippen LogP contribution in [0.4, 0.5) is 0 Å². The lowest BCUT2D eigenvalue weighted by molar-refractivity contribution is 0.581. The third-order valence-corrected chi connectivity index (χ3v) is 4.17. The predicted molar refractivity (Wildman–Crippen MR) is 77.9 cm³/mol. The van der Waals surface area contributed by atoms with Crippen molar-refractivity contribution in [2.24, 2.45) is 5.73 Å². The van der Waals surface area contributed by atoms with Gasteiger partial charge in [-0.3, -0.25) is 5.41 Å². The van der Waals surface area contributed by atoms with Gasteiger partial charge >= 0.3 is 0 Å². The van der Waals surface area contributed by atoms with Gasteiger partial charge in [0.2, 0.25) is 10.0 Å². The highest BCUT2D eigenvalue weighted by Gasteiger charge is 2.12. The molecule has 0 fully saturated rings. The second kappa shape index (κ2) is 5.85. The Morgan fingerprint density at radius 1 is 1.10 bits per heavy atom. The summed E-state index contributed by atoms with van der Waals surface area (Å²) in [5.74, 6) is -0.0437. The van der Waals surface area contributed by atoms with Gasteiger partial charge in [-0.2, -0.15) is 0 Å². The van der Waals surface area contributed by atoms with Gasteiger partial charge in [0, 0.05) is 12.1 Å². The van der Waals surface area contributed by atoms with Gasteiger partial charge < -0.3 is 5.73 Å². The van der Waals surface area contributed by atoms with Crippen molar-refractivity contribution in [3.63, 3.8) is 0 Å². The summed E-state index contributed by atoms with van der Waals surface area (Å²) in [6, 6.07) is 15.1. The Kier molecular flexibility index (Phi) is 4.16. The van der Waals surface area contributed by atoms with Crippen molar-refractivity contribution >= 4 is 15.9 Å². The molecule has 20 heavy (non-hydrogen) atoms. The molecule has 0 radical (unpaired) electrons. The molecule has 2 rings (SSSR count). The Morgan fingerprint density at radius 2 is 1.80 bits per heavy atom. The Labute approximate surface area is 118 Å². The number of rotatable bonds is 5. The first-order valence-corrected chi connectivity index (χ1v) is 7.45. The van der Waals surface area contributed by atoms with Crippen molar-refractivity contribution in [1.29, 1.82) is 5.41 Å². The molecule has 0 aliphatic carbocycles. The lowest BCUT2D eigenvalue weighted by Gasteiger charge is -2.07. The van der Waals surface area contributed by atoms with E-state index in [-0.39, 0.29) is 17.3 Å². The van der Waals surface area contributed by atoms with Gasteiger partial charge in [0.05, 0.1) is 4.90 Å². The van der Waals surface area contributed by atoms with Crippen LogP contribution in [0.1, 0.15) is 11.1 Å². The number of benzene rings is 2. The molecule has 0 amide bonds. The molecule has 0 aliphatic heterocycles. The standard InChI is InChI=1S/C14H15N3O2S/c15-14(16)12-6-4-5-11(9-12)10-17-20(18,19)13-7-2-1-3-8-13/h1-9,17H,10H2,(H3,15,16). The molecule has 0 saturated carbocycles. The molecule has 2 aromatic carbocycles. The highest BCUT2D eigenvalue weighted by molar-refractivity contribution is 7.89. The topological polar surface area (TPSA) is 96.0 Å². The molecule has 2 aromatic rings. The Morgan fingerprint density at radius 3 is 2.45 bits per heavy atom. The molecule has 0 bridgehead atoms. The maximum absolute atomic E-state index is 12.0. The van der Waals surface area contributed by atoms with Crippen LogP contribution in [0.2, 0.25) is 0 Å². The Balaban J connectivity index is 2.13. The van der Waals surface area contributed by atoms with Crippen molar-refractivity contribution in [2.75, 3.05) is 0 Å². The third kappa shape index (κ3) is 3.43. The first kappa shape index (κ1) is 14.2. The second-order valence-corrected chi connectivity index (χ2v) is 6.02. The number of nitrogen functional groups attached to an aromatic ring is 1. The minimum atomic E-state index is -3.53. The molecule has 6 heteroatoms. The molecular formula is C14H15N3O2S. The monoisotopic (exact) mass is 289 g/mol. The van der Waals surface area contributed by atoms with Gasteiger partial charge in [0.25, 0.3) is 0 Å². The molecule has 104 valence electrons. The zero-order valence-electron chi connectivity index (χ0n) is 10.7. The molecule has 0 aliphatic rings. The maximum Gasteiger partial charge on any atom is 0.240 e. The van der Waals surface area contributed by atoms with Crippen molar-refractivity contribution in [3.05, 3.63) is 65.7 Å². The van der Waals surface area contributed by atoms with E-state index in [4.69, 9.17) is 11.1 Å². The molecule has 0 heterocycles. The summed E-state index contributed by atoms with van der Waals surface area (Å²) in [5.41, 5.74) is 6.72. The number of nitrogens with one attached hydrogen (secondary N) is 2. The van der Waals surface area contributed by atoms with Gasteiger partial charge in [-0.15, -0.1) is 0 Å². The van der Waals surface area contributed by atoms with E-state index in [0.717, 1.165) is 5.56 Å². The number of hydrogen-bond donors (Lipinski definition) is 3. The van der Waals surface area contributed by atoms with Crippen molar-refractivity contribution in [3.8, 4) is 0 Å². The average Bonchev–Trinajstić information content (AvgIpc) is 2.46. The first-order valence-electron chi connectivity index (χ1n) is 5.97. The fraction of sp³-hybridized carbons (Fsp3) is 0.0714. The summed E-state index contributed by atoms with van der Waals surface area (Å²) in [6.07, 6.45) is 0. The SMILES string of the molecule is N=C(N)c1cccc(CNS(=O)(=O)c2ccccc2)c1. The van der Waals surface area contributed by atoms with Crippen molar-refractivity contribution < 1.29 is 8.42 Å². The minimum absolute atomic E-state index is 0.0437. The van der Waals surface area contributed by atoms with Gasteiger partial charge in [-0.25, -0.2) is 13.1 Å². The van der Waals surface area contributed by atoms with Crippen LogP contribution in [0.15, 0.2) is 59.5 Å². The molecular weight excluding hydrogens is 274 g/mol. The van der Waals surface area contributed by atoms with E-state index in [1.165, 1.54) is 12.1 Å². The maximum atomic E-state index is 12.0. The highest BCUT2D eigenvalue weighted by atomic mass is 32.2. The average molecular weight is 289 g/mol. The molecule has 4 N–H and O–H groups in total. The molecule has 5 nitrogen and oxygen atoms in total. The van der Waals surface area contributed by atoms with E-state index >= 15 is 0 Å². The Bertz CT molecular complexity index is 712. The van der Waals surface area contributed by atoms with E-state index in [0.29, 0.717) is 5.56 Å². The van der Waals surface area contributed by atoms with Gasteiger partial charge in [-0.05, 0) is 23.8 Å². The van der Waals surface area contributed by atoms with E-state index < -0.39 is 10.0 Å². The smallest absolute Gasteiger partial charge is 0.240 e. The van der Waals surface area contributed by atoms with Gasteiger partial charge in [0.1, 0.15) is 5.84 Å². The van der Waals surface area contributed by atoms with Crippen LogP contribution in [-0.4, -0.2) is 14.3 Å². The number of sulfonamides is 1. The molecule has 0 unspecified atom stereocenters. The highest BCUT2D eigenvalue weighted by Crippen LogP contribution is 2.09. The number of amidine groups is 1. The Hall–Kier alpha value is -2.18. The van der Waals surface area contributed by atoms with E-state index in [1.807, 2.05) is 0 Å². The third-order valence-electron chi connectivity index (χ3n) is 2.76. The number of hydrogen-bond acceptors (Lipinski definition) is 3. The lowest BCUT2D eigenvalue weighted by atomic mass is 10.1. The van der Waals surface area contributed by atoms with Crippen LogP contribution >= 0.6 is 0 Å². The van der Waals surface area contributed by atoms with E-state index in [2.05, 4.69) is 4.72 Å². The first-order chi connectivity index (χ1) is 9.49. The molecule has 0 saturated heterocycles. The predicted octanol–water partition coefficient (Wildman–Crippen LogP) is 1.45. The van der Waals surface area contributed by atoms with E-state index in [1.54, 1.807) is 42.5 Å². The molecule has 0 aromatic heterocycles. The summed E-state index contributed by atoms with van der Waals surface area (Å²) in [4.78, 5) is 0.225. The summed E-state index contributed by atoms with van der Waals surface area (Å²) in [5, 5.41) is 7.36. The molecule has 0 atom stereocenters. The fourth-order valence-corrected chi connectivity index (χ4v) is 2.75.